The van der Waals surface area contributed by atoms with Crippen molar-refractivity contribution in [2.24, 2.45) is 0 Å². The lowest BCUT2D eigenvalue weighted by atomic mass is 9.99. The van der Waals surface area contributed by atoms with E-state index in [9.17, 15) is 4.79 Å². The van der Waals surface area contributed by atoms with E-state index in [1.165, 1.54) is 33.3 Å². The molecule has 7 rings (SSSR count). The maximum absolute atomic E-state index is 13.5. The Morgan fingerprint density at radius 3 is 2.28 bits per heavy atom. The van der Waals surface area contributed by atoms with Crippen molar-refractivity contribution in [2.75, 3.05) is 45.9 Å². The van der Waals surface area contributed by atoms with Gasteiger partial charge in [0.2, 0.25) is 0 Å². The standard InChI is InChI=1S/C32H40N4O2S/c1-20-14-21(2)16-23(15-20)30-27(8-9-34-10-12-35(13-11-34)18-26-19-38-26)28-17-29(39-31(28)33-30)22(3)32(37)36-24-4-5-25(36)7-6-24/h14-17,24-26,33H,3-13,18-19H2,1-2H3. The second-order valence-corrected chi connectivity index (χ2v) is 13.3. The quantitative estimate of drug-likeness (QED) is 0.311. The van der Waals surface area contributed by atoms with Crippen molar-refractivity contribution < 1.29 is 9.53 Å². The van der Waals surface area contributed by atoms with E-state index >= 15 is 0 Å². The molecular formula is C32H40N4O2S. The number of carbonyl (C=O) groups is 1. The van der Waals surface area contributed by atoms with Crippen LogP contribution in [0.5, 0.6) is 0 Å². The average Bonchev–Trinajstić information content (AvgIpc) is 3.25. The molecule has 1 N–H and O–H groups in total. The fraction of sp³-hybridized carbons (Fsp3) is 0.531. The number of nitrogens with zero attached hydrogens (tertiary/aromatic N) is 3. The van der Waals surface area contributed by atoms with E-state index in [4.69, 9.17) is 4.74 Å². The molecular weight excluding hydrogens is 504 g/mol. The van der Waals surface area contributed by atoms with Gasteiger partial charge in [-0.15, -0.1) is 11.3 Å². The normalized spacial score (nSPS) is 25.2. The fourth-order valence-electron chi connectivity index (χ4n) is 7.24. The molecule has 0 spiro atoms. The van der Waals surface area contributed by atoms with Crippen molar-refractivity contribution in [2.45, 2.75) is 64.1 Å². The molecule has 3 aromatic rings. The van der Waals surface area contributed by atoms with Gasteiger partial charge in [-0.2, -0.15) is 0 Å². The van der Waals surface area contributed by atoms with Gasteiger partial charge in [-0.1, -0.05) is 23.8 Å². The molecule has 6 heterocycles. The molecule has 0 aliphatic carbocycles. The number of hydrogen-bond acceptors (Lipinski definition) is 5. The molecule has 2 bridgehead atoms. The van der Waals surface area contributed by atoms with Crippen molar-refractivity contribution in [3.05, 3.63) is 52.4 Å². The molecule has 0 saturated carbocycles. The molecule has 1 unspecified atom stereocenters. The van der Waals surface area contributed by atoms with Crippen LogP contribution in [0, 0.1) is 13.8 Å². The van der Waals surface area contributed by atoms with Gasteiger partial charge in [0.25, 0.3) is 5.91 Å². The van der Waals surface area contributed by atoms with Crippen molar-refractivity contribution in [3.8, 4) is 11.3 Å². The summed E-state index contributed by atoms with van der Waals surface area (Å²) in [6.45, 7) is 16.2. The third kappa shape index (κ3) is 4.99. The minimum absolute atomic E-state index is 0.148. The molecule has 1 aromatic carbocycles. The van der Waals surface area contributed by atoms with E-state index in [1.807, 2.05) is 0 Å². The number of piperazine rings is 1. The Labute approximate surface area is 235 Å². The van der Waals surface area contributed by atoms with Gasteiger partial charge in [0.1, 0.15) is 4.83 Å². The predicted octanol–water partition coefficient (Wildman–Crippen LogP) is 5.24. The first kappa shape index (κ1) is 25.5. The second-order valence-electron chi connectivity index (χ2n) is 12.2. The van der Waals surface area contributed by atoms with Crippen LogP contribution in [0.2, 0.25) is 0 Å². The molecule has 39 heavy (non-hydrogen) atoms. The van der Waals surface area contributed by atoms with Gasteiger partial charge >= 0.3 is 0 Å². The lowest BCUT2D eigenvalue weighted by Crippen LogP contribution is -2.47. The fourth-order valence-corrected chi connectivity index (χ4v) is 8.29. The summed E-state index contributed by atoms with van der Waals surface area (Å²) in [5, 5.41) is 1.26. The topological polar surface area (TPSA) is 55.1 Å². The minimum Gasteiger partial charge on any atom is -0.372 e. The van der Waals surface area contributed by atoms with Crippen LogP contribution in [-0.2, 0) is 16.0 Å². The Bertz CT molecular complexity index is 1370. The van der Waals surface area contributed by atoms with E-state index in [0.29, 0.717) is 23.8 Å². The zero-order chi connectivity index (χ0) is 26.7. The number of hydrogen-bond donors (Lipinski definition) is 1. The van der Waals surface area contributed by atoms with E-state index in [1.54, 1.807) is 11.3 Å². The summed E-state index contributed by atoms with van der Waals surface area (Å²) in [4.78, 5) is 26.7. The Kier molecular flexibility index (Phi) is 6.66. The van der Waals surface area contributed by atoms with Gasteiger partial charge in [-0.25, -0.2) is 0 Å². The van der Waals surface area contributed by atoms with Gasteiger partial charge in [0.15, 0.2) is 0 Å². The molecule has 4 saturated heterocycles. The first-order valence-corrected chi connectivity index (χ1v) is 15.6. The summed E-state index contributed by atoms with van der Waals surface area (Å²) in [5.74, 6) is 0.148. The molecule has 206 valence electrons. The minimum atomic E-state index is 0.148. The van der Waals surface area contributed by atoms with Crippen LogP contribution in [0.4, 0.5) is 0 Å². The predicted molar refractivity (Wildman–Crippen MR) is 159 cm³/mol. The lowest BCUT2D eigenvalue weighted by Gasteiger charge is -2.34. The summed E-state index contributed by atoms with van der Waals surface area (Å²) >= 11 is 1.69. The van der Waals surface area contributed by atoms with Crippen molar-refractivity contribution >= 4 is 33.0 Å². The van der Waals surface area contributed by atoms with Gasteiger partial charge < -0.3 is 19.5 Å². The third-order valence-electron chi connectivity index (χ3n) is 9.36. The van der Waals surface area contributed by atoms with E-state index in [0.717, 1.165) is 87.7 Å². The Balaban J connectivity index is 1.14. The van der Waals surface area contributed by atoms with Crippen molar-refractivity contribution in [1.82, 2.24) is 19.7 Å². The van der Waals surface area contributed by atoms with Gasteiger partial charge in [0, 0.05) is 67.2 Å². The number of nitrogens with one attached hydrogen (secondary N) is 1. The number of carbonyl (C=O) groups excluding carboxylic acids is 1. The number of benzene rings is 1. The summed E-state index contributed by atoms with van der Waals surface area (Å²) in [5.41, 5.74) is 7.08. The summed E-state index contributed by atoms with van der Waals surface area (Å²) in [6.07, 6.45) is 6.07. The highest BCUT2D eigenvalue weighted by Crippen LogP contribution is 2.42. The number of fused-ring (bicyclic) bond motifs is 3. The molecule has 4 fully saturated rings. The number of aryl methyl sites for hydroxylation is 2. The maximum Gasteiger partial charge on any atom is 0.255 e. The molecule has 0 radical (unpaired) electrons. The van der Waals surface area contributed by atoms with Crippen LogP contribution in [0.3, 0.4) is 0 Å². The first-order chi connectivity index (χ1) is 18.9. The smallest absolute Gasteiger partial charge is 0.255 e. The van der Waals surface area contributed by atoms with Gasteiger partial charge in [-0.3, -0.25) is 9.69 Å². The molecule has 1 atom stereocenters. The van der Waals surface area contributed by atoms with Gasteiger partial charge in [-0.05, 0) is 75.3 Å². The number of amides is 1. The molecule has 4 aliphatic heterocycles. The highest BCUT2D eigenvalue weighted by atomic mass is 32.1. The maximum atomic E-state index is 13.5. The van der Waals surface area contributed by atoms with Crippen molar-refractivity contribution in [3.63, 3.8) is 0 Å². The molecule has 4 aliphatic rings. The number of H-pyrrole nitrogens is 1. The largest absolute Gasteiger partial charge is 0.372 e. The molecule has 7 heteroatoms. The second kappa shape index (κ2) is 10.2. The third-order valence-corrected chi connectivity index (χ3v) is 10.5. The van der Waals surface area contributed by atoms with E-state index in [-0.39, 0.29) is 5.91 Å². The van der Waals surface area contributed by atoms with Gasteiger partial charge in [0.05, 0.1) is 18.4 Å². The van der Waals surface area contributed by atoms with Crippen LogP contribution in [0.15, 0.2) is 30.8 Å². The molecule has 6 nitrogen and oxygen atoms in total. The summed E-state index contributed by atoms with van der Waals surface area (Å²) < 4.78 is 5.44. The number of thiophene rings is 1. The highest BCUT2D eigenvalue weighted by Gasteiger charge is 2.43. The van der Waals surface area contributed by atoms with Crippen LogP contribution in [-0.4, -0.2) is 89.7 Å². The lowest BCUT2D eigenvalue weighted by molar-refractivity contribution is -0.126. The molecule has 1 amide bonds. The Hall–Kier alpha value is -2.45. The monoisotopic (exact) mass is 544 g/mol. The SMILES string of the molecule is C=C(C(=O)N1C2CCC1CC2)c1cc2c(CCN3CCN(CC4CO4)CC3)c(-c3cc(C)cc(C)c3)[nH]c2s1. The number of aromatic amines is 1. The number of epoxide rings is 1. The van der Waals surface area contributed by atoms with Crippen LogP contribution in [0.25, 0.3) is 27.0 Å². The number of ether oxygens (including phenoxy) is 1. The van der Waals surface area contributed by atoms with Crippen LogP contribution in [0.1, 0.15) is 47.3 Å². The van der Waals surface area contributed by atoms with E-state index < -0.39 is 0 Å². The molecule has 2 aromatic heterocycles. The highest BCUT2D eigenvalue weighted by molar-refractivity contribution is 7.20. The van der Waals surface area contributed by atoms with Crippen LogP contribution < -0.4 is 0 Å². The summed E-state index contributed by atoms with van der Waals surface area (Å²) in [6, 6.07) is 9.90. The average molecular weight is 545 g/mol. The van der Waals surface area contributed by atoms with Crippen molar-refractivity contribution in [1.29, 1.82) is 0 Å². The number of rotatable bonds is 8. The first-order valence-electron chi connectivity index (χ1n) is 14.7. The Morgan fingerprint density at radius 2 is 1.64 bits per heavy atom. The van der Waals surface area contributed by atoms with Crippen LogP contribution >= 0.6 is 11.3 Å². The zero-order valence-corrected chi connectivity index (χ0v) is 24.1. The van der Waals surface area contributed by atoms with E-state index in [2.05, 4.69) is 64.4 Å². The summed E-state index contributed by atoms with van der Waals surface area (Å²) in [7, 11) is 0. The zero-order valence-electron chi connectivity index (χ0n) is 23.3. The Morgan fingerprint density at radius 1 is 1.00 bits per heavy atom. The number of aromatic nitrogens is 1.